The van der Waals surface area contributed by atoms with Crippen LogP contribution in [0.15, 0.2) is 27.1 Å². The predicted molar refractivity (Wildman–Crippen MR) is 69.6 cm³/mol. The first kappa shape index (κ1) is 12.8. The Balaban J connectivity index is 2.36. The van der Waals surface area contributed by atoms with E-state index in [2.05, 4.69) is 15.9 Å². The van der Waals surface area contributed by atoms with Gasteiger partial charge in [-0.2, -0.15) is 0 Å². The molecule has 5 heteroatoms. The van der Waals surface area contributed by atoms with Gasteiger partial charge in [0.25, 0.3) is 0 Å². The van der Waals surface area contributed by atoms with Crippen molar-refractivity contribution in [1.82, 2.24) is 0 Å². The monoisotopic (exact) mass is 310 g/mol. The molecule has 0 saturated carbocycles. The second-order valence-electron chi connectivity index (χ2n) is 3.97. The molecular weight excluding hydrogens is 300 g/mol. The molecule has 0 saturated heterocycles. The van der Waals surface area contributed by atoms with Crippen molar-refractivity contribution in [2.75, 3.05) is 6.61 Å². The third kappa shape index (κ3) is 2.46. The number of aryl methyl sites for hydroxylation is 1. The van der Waals surface area contributed by atoms with E-state index in [1.807, 2.05) is 12.1 Å². The van der Waals surface area contributed by atoms with Crippen LogP contribution in [0.3, 0.4) is 0 Å². The second-order valence-corrected chi connectivity index (χ2v) is 4.89. The Bertz CT molecular complexity index is 627. The Labute approximate surface area is 112 Å². The highest BCUT2D eigenvalue weighted by atomic mass is 79.9. The highest BCUT2D eigenvalue weighted by Gasteiger charge is 2.19. The van der Waals surface area contributed by atoms with Gasteiger partial charge < -0.3 is 9.15 Å². The minimum absolute atomic E-state index is 0.143. The number of halogens is 1. The van der Waals surface area contributed by atoms with E-state index < -0.39 is 5.97 Å². The third-order valence-corrected chi connectivity index (χ3v) is 2.98. The van der Waals surface area contributed by atoms with Gasteiger partial charge in [-0.15, -0.1) is 0 Å². The highest BCUT2D eigenvalue weighted by Crippen LogP contribution is 2.28. The van der Waals surface area contributed by atoms with Crippen LogP contribution in [0.4, 0.5) is 0 Å². The summed E-state index contributed by atoms with van der Waals surface area (Å²) in [5.74, 6) is -0.681. The number of ether oxygens (including phenoxy) is 1. The quantitative estimate of drug-likeness (QED) is 0.817. The molecule has 2 rings (SSSR count). The highest BCUT2D eigenvalue weighted by molar-refractivity contribution is 9.10. The van der Waals surface area contributed by atoms with E-state index in [1.54, 1.807) is 13.0 Å². The second kappa shape index (κ2) is 4.94. The molecule has 18 heavy (non-hydrogen) atoms. The Hall–Kier alpha value is -1.62. The number of ketones is 1. The van der Waals surface area contributed by atoms with E-state index >= 15 is 0 Å². The summed E-state index contributed by atoms with van der Waals surface area (Å²) >= 11 is 3.36. The molecule has 0 fully saturated rings. The lowest BCUT2D eigenvalue weighted by molar-refractivity contribution is -0.120. The average Bonchev–Trinajstić information content (AvgIpc) is 2.64. The molecule has 0 unspecified atom stereocenters. The summed E-state index contributed by atoms with van der Waals surface area (Å²) in [6, 6.07) is 5.47. The van der Waals surface area contributed by atoms with Crippen LogP contribution >= 0.6 is 15.9 Å². The first-order valence-corrected chi connectivity index (χ1v) is 6.13. The molecule has 94 valence electrons. The van der Waals surface area contributed by atoms with Crippen molar-refractivity contribution in [3.05, 3.63) is 34.0 Å². The van der Waals surface area contributed by atoms with Crippen LogP contribution in [-0.4, -0.2) is 18.4 Å². The molecule has 0 spiro atoms. The van der Waals surface area contributed by atoms with Gasteiger partial charge in [-0.1, -0.05) is 15.9 Å². The molecule has 1 heterocycles. The van der Waals surface area contributed by atoms with Crippen LogP contribution in [0, 0.1) is 6.92 Å². The van der Waals surface area contributed by atoms with E-state index in [-0.39, 0.29) is 18.2 Å². The number of fused-ring (bicyclic) bond motifs is 1. The van der Waals surface area contributed by atoms with Crippen molar-refractivity contribution in [2.24, 2.45) is 0 Å². The lowest BCUT2D eigenvalue weighted by Gasteiger charge is -1.99. The SMILES string of the molecule is CC(=O)COC(=O)c1oc2ccc(Br)cc2c1C. The normalized spacial score (nSPS) is 10.6. The number of hydrogen-bond donors (Lipinski definition) is 0. The molecule has 0 radical (unpaired) electrons. The molecule has 4 nitrogen and oxygen atoms in total. The molecule has 0 aliphatic rings. The van der Waals surface area contributed by atoms with Gasteiger partial charge in [0.2, 0.25) is 5.76 Å². The zero-order valence-corrected chi connectivity index (χ0v) is 11.5. The zero-order chi connectivity index (χ0) is 13.3. The van der Waals surface area contributed by atoms with Gasteiger partial charge in [-0.05, 0) is 32.0 Å². The first-order valence-electron chi connectivity index (χ1n) is 5.34. The van der Waals surface area contributed by atoms with Gasteiger partial charge >= 0.3 is 5.97 Å². The Kier molecular flexibility index (Phi) is 3.52. The fraction of sp³-hybridized carbons (Fsp3) is 0.231. The van der Waals surface area contributed by atoms with Gasteiger partial charge in [0.15, 0.2) is 5.78 Å². The largest absolute Gasteiger partial charge is 0.452 e. The molecule has 0 amide bonds. The summed E-state index contributed by atoms with van der Waals surface area (Å²) in [5.41, 5.74) is 1.32. The molecule has 0 bridgehead atoms. The molecular formula is C13H11BrO4. The van der Waals surface area contributed by atoms with Crippen LogP contribution in [0.25, 0.3) is 11.0 Å². The summed E-state index contributed by atoms with van der Waals surface area (Å²) in [6.45, 7) is 2.90. The topological polar surface area (TPSA) is 56.5 Å². The number of esters is 1. The van der Waals surface area contributed by atoms with Crippen molar-refractivity contribution >= 4 is 38.7 Å². The summed E-state index contributed by atoms with van der Waals surface area (Å²) in [4.78, 5) is 22.5. The Morgan fingerprint density at radius 3 is 2.78 bits per heavy atom. The van der Waals surface area contributed by atoms with Crippen molar-refractivity contribution < 1.29 is 18.7 Å². The number of Topliss-reactive ketones (excluding diaryl/α,β-unsaturated/α-hetero) is 1. The van der Waals surface area contributed by atoms with Crippen molar-refractivity contribution in [3.8, 4) is 0 Å². The van der Waals surface area contributed by atoms with Gasteiger partial charge in [-0.3, -0.25) is 4.79 Å². The average molecular weight is 311 g/mol. The van der Waals surface area contributed by atoms with E-state index in [0.717, 1.165) is 9.86 Å². The van der Waals surface area contributed by atoms with Crippen LogP contribution in [0.5, 0.6) is 0 Å². The number of benzene rings is 1. The molecule has 1 aromatic carbocycles. The van der Waals surface area contributed by atoms with E-state index in [1.165, 1.54) is 6.92 Å². The number of hydrogen-bond acceptors (Lipinski definition) is 4. The number of rotatable bonds is 3. The number of furan rings is 1. The van der Waals surface area contributed by atoms with Crippen molar-refractivity contribution in [2.45, 2.75) is 13.8 Å². The maximum atomic E-state index is 11.7. The Morgan fingerprint density at radius 1 is 1.39 bits per heavy atom. The van der Waals surface area contributed by atoms with Gasteiger partial charge in [0, 0.05) is 15.4 Å². The molecule has 0 aliphatic carbocycles. The third-order valence-electron chi connectivity index (χ3n) is 2.49. The van der Waals surface area contributed by atoms with Crippen LogP contribution in [-0.2, 0) is 9.53 Å². The Morgan fingerprint density at radius 2 is 2.11 bits per heavy atom. The van der Waals surface area contributed by atoms with Crippen molar-refractivity contribution in [1.29, 1.82) is 0 Å². The first-order chi connectivity index (χ1) is 8.49. The van der Waals surface area contributed by atoms with Gasteiger partial charge in [0.1, 0.15) is 12.2 Å². The summed E-state index contributed by atoms with van der Waals surface area (Å²) in [5, 5.41) is 0.846. The lowest BCUT2D eigenvalue weighted by atomic mass is 10.1. The van der Waals surface area contributed by atoms with Crippen LogP contribution in [0.2, 0.25) is 0 Å². The maximum Gasteiger partial charge on any atom is 0.374 e. The van der Waals surface area contributed by atoms with Crippen LogP contribution in [0.1, 0.15) is 23.0 Å². The lowest BCUT2D eigenvalue weighted by Crippen LogP contribution is -2.11. The summed E-state index contributed by atoms with van der Waals surface area (Å²) in [7, 11) is 0. The maximum absolute atomic E-state index is 11.7. The minimum Gasteiger partial charge on any atom is -0.452 e. The number of carbonyl (C=O) groups is 2. The number of carbonyl (C=O) groups excluding carboxylic acids is 2. The van der Waals surface area contributed by atoms with Crippen molar-refractivity contribution in [3.63, 3.8) is 0 Å². The van der Waals surface area contributed by atoms with Gasteiger partial charge in [0.05, 0.1) is 0 Å². The fourth-order valence-corrected chi connectivity index (χ4v) is 1.98. The minimum atomic E-state index is -0.616. The molecule has 2 aromatic rings. The summed E-state index contributed by atoms with van der Waals surface area (Å²) < 4.78 is 11.2. The van der Waals surface area contributed by atoms with E-state index in [4.69, 9.17) is 9.15 Å². The molecule has 0 N–H and O–H groups in total. The fourth-order valence-electron chi connectivity index (χ4n) is 1.62. The molecule has 0 aliphatic heterocycles. The molecule has 0 atom stereocenters. The standard InChI is InChI=1S/C13H11BrO4/c1-7(15)6-17-13(16)12-8(2)10-5-9(14)3-4-11(10)18-12/h3-5H,6H2,1-2H3. The predicted octanol–water partition coefficient (Wildman–Crippen LogP) is 3.25. The smallest absolute Gasteiger partial charge is 0.374 e. The molecule has 1 aromatic heterocycles. The summed E-state index contributed by atoms with van der Waals surface area (Å²) in [6.07, 6.45) is 0. The van der Waals surface area contributed by atoms with E-state index in [9.17, 15) is 9.59 Å². The van der Waals surface area contributed by atoms with Crippen LogP contribution < -0.4 is 0 Å². The van der Waals surface area contributed by atoms with E-state index in [0.29, 0.717) is 11.1 Å². The van der Waals surface area contributed by atoms with Gasteiger partial charge in [-0.25, -0.2) is 4.79 Å². The zero-order valence-electron chi connectivity index (χ0n) is 9.95.